The molecule has 0 atom stereocenters. The number of hydrogen-bond acceptors (Lipinski definition) is 3. The maximum Gasteiger partial charge on any atom is 0.263 e. The van der Waals surface area contributed by atoms with Crippen molar-refractivity contribution in [3.63, 3.8) is 0 Å². The van der Waals surface area contributed by atoms with Crippen LogP contribution in [0.1, 0.15) is 31.9 Å². The summed E-state index contributed by atoms with van der Waals surface area (Å²) in [6.45, 7) is 8.07. The number of anilines is 1. The third kappa shape index (κ3) is 3.87. The zero-order valence-electron chi connectivity index (χ0n) is 13.0. The number of sulfonamides is 1. The van der Waals surface area contributed by atoms with Gasteiger partial charge in [-0.25, -0.2) is 13.4 Å². The second-order valence-corrected chi connectivity index (χ2v) is 8.80. The highest BCUT2D eigenvalue weighted by Crippen LogP contribution is 2.25. The van der Waals surface area contributed by atoms with Gasteiger partial charge in [-0.3, -0.25) is 4.72 Å². The van der Waals surface area contributed by atoms with Gasteiger partial charge in [-0.1, -0.05) is 32.9 Å². The van der Waals surface area contributed by atoms with Crippen molar-refractivity contribution in [3.05, 3.63) is 52.1 Å². The predicted octanol–water partition coefficient (Wildman–Crippen LogP) is 4.25. The van der Waals surface area contributed by atoms with Gasteiger partial charge in [0.1, 0.15) is 5.82 Å². The molecule has 2 rings (SSSR count). The Kier molecular flexibility index (Phi) is 4.63. The molecule has 0 spiro atoms. The number of rotatable bonds is 3. The van der Waals surface area contributed by atoms with Gasteiger partial charge in [0.15, 0.2) is 0 Å². The molecular formula is C16H19BrN2O2S. The van der Waals surface area contributed by atoms with E-state index in [4.69, 9.17) is 0 Å². The predicted molar refractivity (Wildman–Crippen MR) is 92.6 cm³/mol. The zero-order chi connectivity index (χ0) is 16.5. The quantitative estimate of drug-likeness (QED) is 0.862. The lowest BCUT2D eigenvalue weighted by atomic mass is 9.87. The van der Waals surface area contributed by atoms with E-state index in [-0.39, 0.29) is 10.3 Å². The molecule has 2 aromatic rings. The van der Waals surface area contributed by atoms with Crippen LogP contribution in [0.3, 0.4) is 0 Å². The maximum absolute atomic E-state index is 12.4. The van der Waals surface area contributed by atoms with Crippen LogP contribution in [0.25, 0.3) is 0 Å². The summed E-state index contributed by atoms with van der Waals surface area (Å²) < 4.78 is 28.2. The van der Waals surface area contributed by atoms with Crippen LogP contribution in [-0.4, -0.2) is 13.4 Å². The molecule has 0 aliphatic carbocycles. The number of aromatic nitrogens is 1. The van der Waals surface area contributed by atoms with Gasteiger partial charge in [0.05, 0.1) is 4.90 Å². The molecule has 0 aliphatic rings. The topological polar surface area (TPSA) is 59.1 Å². The molecule has 6 heteroatoms. The SMILES string of the molecule is Cc1cc(Br)cnc1NS(=O)(=O)c1ccc(C(C)(C)C)cc1. The number of benzene rings is 1. The fourth-order valence-corrected chi connectivity index (χ4v) is 3.49. The van der Waals surface area contributed by atoms with Crippen LogP contribution in [0.5, 0.6) is 0 Å². The van der Waals surface area contributed by atoms with Gasteiger partial charge in [0.25, 0.3) is 10.0 Å². The van der Waals surface area contributed by atoms with Crippen molar-refractivity contribution in [2.75, 3.05) is 4.72 Å². The number of hydrogen-bond donors (Lipinski definition) is 1. The van der Waals surface area contributed by atoms with E-state index in [0.717, 1.165) is 15.6 Å². The molecule has 1 aromatic carbocycles. The van der Waals surface area contributed by atoms with Gasteiger partial charge in [-0.05, 0) is 57.6 Å². The summed E-state index contributed by atoms with van der Waals surface area (Å²) >= 11 is 3.31. The molecule has 1 aromatic heterocycles. The first-order chi connectivity index (χ1) is 10.1. The van der Waals surface area contributed by atoms with Gasteiger partial charge < -0.3 is 0 Å². The minimum absolute atomic E-state index is 0.0143. The zero-order valence-corrected chi connectivity index (χ0v) is 15.4. The summed E-state index contributed by atoms with van der Waals surface area (Å²) in [6.07, 6.45) is 1.56. The Morgan fingerprint density at radius 1 is 1.14 bits per heavy atom. The lowest BCUT2D eigenvalue weighted by Crippen LogP contribution is -2.16. The largest absolute Gasteiger partial charge is 0.263 e. The Morgan fingerprint density at radius 3 is 2.23 bits per heavy atom. The number of nitrogens with one attached hydrogen (secondary N) is 1. The van der Waals surface area contributed by atoms with Crippen molar-refractivity contribution in [1.82, 2.24) is 4.98 Å². The van der Waals surface area contributed by atoms with Crippen molar-refractivity contribution in [2.24, 2.45) is 0 Å². The molecule has 1 N–H and O–H groups in total. The second kappa shape index (κ2) is 6.01. The molecule has 0 saturated heterocycles. The van der Waals surface area contributed by atoms with Crippen molar-refractivity contribution in [1.29, 1.82) is 0 Å². The number of aryl methyl sites for hydroxylation is 1. The lowest BCUT2D eigenvalue weighted by Gasteiger charge is -2.19. The summed E-state index contributed by atoms with van der Waals surface area (Å²) in [5.41, 5.74) is 1.83. The fraction of sp³-hybridized carbons (Fsp3) is 0.312. The van der Waals surface area contributed by atoms with Crippen LogP contribution < -0.4 is 4.72 Å². The number of nitrogens with zero attached hydrogens (tertiary/aromatic N) is 1. The summed E-state index contributed by atoms with van der Waals surface area (Å²) in [5, 5.41) is 0. The van der Waals surface area contributed by atoms with Crippen molar-refractivity contribution in [3.8, 4) is 0 Å². The summed E-state index contributed by atoms with van der Waals surface area (Å²) in [7, 11) is -3.64. The van der Waals surface area contributed by atoms with Gasteiger partial charge in [-0.2, -0.15) is 0 Å². The Bertz CT molecular complexity index is 779. The van der Waals surface area contributed by atoms with Gasteiger partial charge in [0.2, 0.25) is 0 Å². The van der Waals surface area contributed by atoms with Crippen molar-refractivity contribution in [2.45, 2.75) is 38.0 Å². The first-order valence-electron chi connectivity index (χ1n) is 6.85. The molecule has 0 radical (unpaired) electrons. The van der Waals surface area contributed by atoms with E-state index < -0.39 is 10.0 Å². The molecule has 0 unspecified atom stereocenters. The monoisotopic (exact) mass is 382 g/mol. The highest BCUT2D eigenvalue weighted by Gasteiger charge is 2.18. The Morgan fingerprint density at radius 2 is 1.73 bits per heavy atom. The van der Waals surface area contributed by atoms with E-state index >= 15 is 0 Å². The van der Waals surface area contributed by atoms with Crippen LogP contribution in [-0.2, 0) is 15.4 Å². The number of halogens is 1. The molecule has 118 valence electrons. The second-order valence-electron chi connectivity index (χ2n) is 6.20. The smallest absolute Gasteiger partial charge is 0.263 e. The highest BCUT2D eigenvalue weighted by atomic mass is 79.9. The third-order valence-electron chi connectivity index (χ3n) is 3.31. The van der Waals surface area contributed by atoms with Crippen LogP contribution >= 0.6 is 15.9 Å². The van der Waals surface area contributed by atoms with E-state index in [1.807, 2.05) is 18.2 Å². The average Bonchev–Trinajstić information content (AvgIpc) is 2.41. The summed E-state index contributed by atoms with van der Waals surface area (Å²) in [4.78, 5) is 4.33. The Labute approximate surface area is 140 Å². The minimum atomic E-state index is -3.64. The van der Waals surface area contributed by atoms with E-state index in [1.165, 1.54) is 0 Å². The molecule has 4 nitrogen and oxygen atoms in total. The summed E-state index contributed by atoms with van der Waals surface area (Å²) in [5.74, 6) is 0.336. The summed E-state index contributed by atoms with van der Waals surface area (Å²) in [6, 6.07) is 8.74. The van der Waals surface area contributed by atoms with Gasteiger partial charge in [-0.15, -0.1) is 0 Å². The molecular weight excluding hydrogens is 364 g/mol. The molecule has 0 fully saturated rings. The van der Waals surface area contributed by atoms with E-state index in [1.54, 1.807) is 25.3 Å². The van der Waals surface area contributed by atoms with E-state index in [2.05, 4.69) is 46.4 Å². The molecule has 0 aliphatic heterocycles. The van der Waals surface area contributed by atoms with E-state index in [9.17, 15) is 8.42 Å². The van der Waals surface area contributed by atoms with Crippen LogP contribution in [0.2, 0.25) is 0 Å². The molecule has 0 saturated carbocycles. The van der Waals surface area contributed by atoms with Crippen molar-refractivity contribution < 1.29 is 8.42 Å². The van der Waals surface area contributed by atoms with Gasteiger partial charge >= 0.3 is 0 Å². The van der Waals surface area contributed by atoms with Crippen LogP contribution in [0.4, 0.5) is 5.82 Å². The van der Waals surface area contributed by atoms with Gasteiger partial charge in [0, 0.05) is 10.7 Å². The minimum Gasteiger partial charge on any atom is -0.263 e. The molecule has 1 heterocycles. The highest BCUT2D eigenvalue weighted by molar-refractivity contribution is 9.10. The lowest BCUT2D eigenvalue weighted by molar-refractivity contribution is 0.587. The Hall–Kier alpha value is -1.40. The third-order valence-corrected chi connectivity index (χ3v) is 5.10. The first-order valence-corrected chi connectivity index (χ1v) is 9.13. The maximum atomic E-state index is 12.4. The van der Waals surface area contributed by atoms with E-state index in [0.29, 0.717) is 5.82 Å². The number of pyridine rings is 1. The normalized spacial score (nSPS) is 12.2. The van der Waals surface area contributed by atoms with Crippen LogP contribution in [0, 0.1) is 6.92 Å². The van der Waals surface area contributed by atoms with Crippen LogP contribution in [0.15, 0.2) is 45.9 Å². The average molecular weight is 383 g/mol. The molecule has 0 bridgehead atoms. The fourth-order valence-electron chi connectivity index (χ4n) is 1.97. The Balaban J connectivity index is 2.31. The molecule has 22 heavy (non-hydrogen) atoms. The first kappa shape index (κ1) is 17.0. The standard InChI is InChI=1S/C16H19BrN2O2S/c1-11-9-13(17)10-18-15(11)19-22(20,21)14-7-5-12(6-8-14)16(2,3)4/h5-10H,1-4H3,(H,18,19). The molecule has 0 amide bonds. The van der Waals surface area contributed by atoms with Crippen molar-refractivity contribution >= 4 is 31.8 Å².